The molecule has 0 aliphatic carbocycles. The summed E-state index contributed by atoms with van der Waals surface area (Å²) in [5.74, 6) is 1.03. The molecule has 3 nitrogen and oxygen atoms in total. The Bertz CT molecular complexity index is 394. The lowest BCUT2D eigenvalue weighted by Crippen LogP contribution is -2.33. The summed E-state index contributed by atoms with van der Waals surface area (Å²) in [5.41, 5.74) is 0.769. The fraction of sp³-hybridized carbons (Fsp3) is 0.562. The van der Waals surface area contributed by atoms with Crippen molar-refractivity contribution >= 4 is 5.78 Å². The SMILES string of the molecule is CCC(=O)c1ccc(OCCN2CCCCC2)cc1. The van der Waals surface area contributed by atoms with Crippen molar-refractivity contribution < 1.29 is 9.53 Å². The molecule has 0 saturated carbocycles. The number of piperidine rings is 1. The number of ether oxygens (including phenoxy) is 1. The van der Waals surface area contributed by atoms with Crippen LogP contribution in [0.2, 0.25) is 0 Å². The van der Waals surface area contributed by atoms with Crippen molar-refractivity contribution in [2.45, 2.75) is 32.6 Å². The van der Waals surface area contributed by atoms with Crippen LogP contribution in [0.3, 0.4) is 0 Å². The summed E-state index contributed by atoms with van der Waals surface area (Å²) in [6.07, 6.45) is 4.54. The summed E-state index contributed by atoms with van der Waals surface area (Å²) in [6.45, 7) is 6.00. The first-order valence-corrected chi connectivity index (χ1v) is 7.28. The number of nitrogens with zero attached hydrogens (tertiary/aromatic N) is 1. The summed E-state index contributed by atoms with van der Waals surface area (Å²) < 4.78 is 5.72. The Morgan fingerprint density at radius 2 is 1.84 bits per heavy atom. The minimum Gasteiger partial charge on any atom is -0.492 e. The van der Waals surface area contributed by atoms with E-state index in [1.54, 1.807) is 0 Å². The van der Waals surface area contributed by atoms with E-state index in [9.17, 15) is 4.79 Å². The van der Waals surface area contributed by atoms with Crippen LogP contribution in [0, 0.1) is 0 Å². The van der Waals surface area contributed by atoms with Crippen molar-refractivity contribution in [3.8, 4) is 5.75 Å². The molecule has 1 aliphatic heterocycles. The van der Waals surface area contributed by atoms with E-state index >= 15 is 0 Å². The third-order valence-electron chi connectivity index (χ3n) is 3.62. The maximum atomic E-state index is 11.5. The highest BCUT2D eigenvalue weighted by atomic mass is 16.5. The van der Waals surface area contributed by atoms with Gasteiger partial charge in [0.2, 0.25) is 0 Å². The first-order chi connectivity index (χ1) is 9.29. The van der Waals surface area contributed by atoms with Gasteiger partial charge in [-0.3, -0.25) is 9.69 Å². The molecule has 1 fully saturated rings. The van der Waals surface area contributed by atoms with Crippen molar-refractivity contribution in [2.24, 2.45) is 0 Å². The third-order valence-corrected chi connectivity index (χ3v) is 3.62. The monoisotopic (exact) mass is 261 g/mol. The molecular weight excluding hydrogens is 238 g/mol. The quantitative estimate of drug-likeness (QED) is 0.737. The molecular formula is C16H23NO2. The van der Waals surface area contributed by atoms with Gasteiger partial charge in [-0.2, -0.15) is 0 Å². The van der Waals surface area contributed by atoms with Crippen LogP contribution < -0.4 is 4.74 Å². The minimum atomic E-state index is 0.180. The number of rotatable bonds is 6. The largest absolute Gasteiger partial charge is 0.492 e. The van der Waals surface area contributed by atoms with Gasteiger partial charge in [0.15, 0.2) is 5.78 Å². The van der Waals surface area contributed by atoms with E-state index in [1.807, 2.05) is 31.2 Å². The van der Waals surface area contributed by atoms with Gasteiger partial charge in [-0.25, -0.2) is 0 Å². The fourth-order valence-electron chi connectivity index (χ4n) is 2.42. The van der Waals surface area contributed by atoms with Crippen LogP contribution in [0.15, 0.2) is 24.3 Å². The van der Waals surface area contributed by atoms with E-state index in [0.717, 1.165) is 24.5 Å². The summed E-state index contributed by atoms with van der Waals surface area (Å²) in [6, 6.07) is 7.47. The van der Waals surface area contributed by atoms with Gasteiger partial charge in [0.1, 0.15) is 12.4 Å². The highest BCUT2D eigenvalue weighted by Gasteiger charge is 2.09. The van der Waals surface area contributed by atoms with Gasteiger partial charge in [0, 0.05) is 18.5 Å². The van der Waals surface area contributed by atoms with Crippen LogP contribution in [-0.2, 0) is 0 Å². The van der Waals surface area contributed by atoms with E-state index in [4.69, 9.17) is 4.74 Å². The Morgan fingerprint density at radius 3 is 2.47 bits per heavy atom. The molecule has 0 aromatic heterocycles. The Hall–Kier alpha value is -1.35. The molecule has 19 heavy (non-hydrogen) atoms. The number of hydrogen-bond donors (Lipinski definition) is 0. The summed E-state index contributed by atoms with van der Waals surface area (Å²) in [5, 5.41) is 0. The van der Waals surface area contributed by atoms with Crippen LogP contribution in [0.25, 0.3) is 0 Å². The molecule has 0 bridgehead atoms. The van der Waals surface area contributed by atoms with E-state index in [2.05, 4.69) is 4.90 Å². The summed E-state index contributed by atoms with van der Waals surface area (Å²) in [7, 11) is 0. The lowest BCUT2D eigenvalue weighted by molar-refractivity contribution is 0.0988. The Morgan fingerprint density at radius 1 is 1.16 bits per heavy atom. The maximum Gasteiger partial charge on any atom is 0.162 e. The Labute approximate surface area is 115 Å². The van der Waals surface area contributed by atoms with Gasteiger partial charge in [0.25, 0.3) is 0 Å². The average Bonchev–Trinajstić information content (AvgIpc) is 2.48. The molecule has 0 N–H and O–H groups in total. The molecule has 0 spiro atoms. The van der Waals surface area contributed by atoms with Crippen molar-refractivity contribution in [3.63, 3.8) is 0 Å². The predicted octanol–water partition coefficient (Wildman–Crippen LogP) is 3.14. The zero-order valence-corrected chi connectivity index (χ0v) is 11.7. The van der Waals surface area contributed by atoms with Crippen LogP contribution in [0.5, 0.6) is 5.75 Å². The summed E-state index contributed by atoms with van der Waals surface area (Å²) in [4.78, 5) is 14.0. The minimum absolute atomic E-state index is 0.180. The molecule has 104 valence electrons. The molecule has 1 heterocycles. The number of carbonyl (C=O) groups is 1. The van der Waals surface area contributed by atoms with E-state index < -0.39 is 0 Å². The lowest BCUT2D eigenvalue weighted by atomic mass is 10.1. The average molecular weight is 261 g/mol. The Kier molecular flexibility index (Phi) is 5.40. The molecule has 0 amide bonds. The second kappa shape index (κ2) is 7.29. The smallest absolute Gasteiger partial charge is 0.162 e. The fourth-order valence-corrected chi connectivity index (χ4v) is 2.42. The zero-order chi connectivity index (χ0) is 13.5. The number of carbonyl (C=O) groups excluding carboxylic acids is 1. The van der Waals surface area contributed by atoms with Gasteiger partial charge in [-0.05, 0) is 50.2 Å². The number of Topliss-reactive ketones (excluding diaryl/α,β-unsaturated/α-hetero) is 1. The normalized spacial score (nSPS) is 16.3. The summed E-state index contributed by atoms with van der Waals surface area (Å²) >= 11 is 0. The maximum absolute atomic E-state index is 11.5. The predicted molar refractivity (Wildman–Crippen MR) is 76.8 cm³/mol. The van der Waals surface area contributed by atoms with Gasteiger partial charge in [-0.15, -0.1) is 0 Å². The van der Waals surface area contributed by atoms with Crippen LogP contribution in [0.4, 0.5) is 0 Å². The number of hydrogen-bond acceptors (Lipinski definition) is 3. The molecule has 1 aromatic rings. The van der Waals surface area contributed by atoms with E-state index in [0.29, 0.717) is 6.42 Å². The third kappa shape index (κ3) is 4.35. The highest BCUT2D eigenvalue weighted by molar-refractivity contribution is 5.95. The topological polar surface area (TPSA) is 29.5 Å². The molecule has 2 rings (SSSR count). The van der Waals surface area contributed by atoms with Crippen molar-refractivity contribution in [1.29, 1.82) is 0 Å². The first kappa shape index (κ1) is 14.1. The second-order valence-electron chi connectivity index (χ2n) is 5.05. The molecule has 0 unspecified atom stereocenters. The number of ketones is 1. The van der Waals surface area contributed by atoms with Gasteiger partial charge >= 0.3 is 0 Å². The number of likely N-dealkylation sites (tertiary alicyclic amines) is 1. The highest BCUT2D eigenvalue weighted by Crippen LogP contribution is 2.14. The number of benzene rings is 1. The molecule has 1 aliphatic rings. The standard InChI is InChI=1S/C16H23NO2/c1-2-16(18)14-6-8-15(9-7-14)19-13-12-17-10-4-3-5-11-17/h6-9H,2-5,10-13H2,1H3. The molecule has 0 radical (unpaired) electrons. The second-order valence-corrected chi connectivity index (χ2v) is 5.05. The van der Waals surface area contributed by atoms with Gasteiger partial charge < -0.3 is 4.74 Å². The van der Waals surface area contributed by atoms with E-state index in [-0.39, 0.29) is 5.78 Å². The van der Waals surface area contributed by atoms with Crippen molar-refractivity contribution in [2.75, 3.05) is 26.2 Å². The zero-order valence-electron chi connectivity index (χ0n) is 11.7. The molecule has 0 atom stereocenters. The lowest BCUT2D eigenvalue weighted by Gasteiger charge is -2.26. The van der Waals surface area contributed by atoms with Gasteiger partial charge in [-0.1, -0.05) is 13.3 Å². The van der Waals surface area contributed by atoms with Crippen LogP contribution in [-0.4, -0.2) is 36.9 Å². The van der Waals surface area contributed by atoms with Crippen LogP contribution >= 0.6 is 0 Å². The molecule has 1 aromatic carbocycles. The first-order valence-electron chi connectivity index (χ1n) is 7.28. The van der Waals surface area contributed by atoms with Crippen LogP contribution in [0.1, 0.15) is 43.0 Å². The molecule has 3 heteroatoms. The van der Waals surface area contributed by atoms with Gasteiger partial charge in [0.05, 0.1) is 0 Å². The Balaban J connectivity index is 1.75. The van der Waals surface area contributed by atoms with E-state index in [1.165, 1.54) is 32.4 Å². The molecule has 1 saturated heterocycles. The van der Waals surface area contributed by atoms with Crippen molar-refractivity contribution in [1.82, 2.24) is 4.90 Å². The van der Waals surface area contributed by atoms with Crippen molar-refractivity contribution in [3.05, 3.63) is 29.8 Å².